The van der Waals surface area contributed by atoms with Crippen LogP contribution in [0.4, 0.5) is 0 Å². The third-order valence-corrected chi connectivity index (χ3v) is 1.72. The zero-order valence-electron chi connectivity index (χ0n) is 12.1. The van der Waals surface area contributed by atoms with Crippen LogP contribution in [0, 0.1) is 0 Å². The topological polar surface area (TPSA) is 40.5 Å². The Balaban J connectivity index is -0.000000166. The van der Waals surface area contributed by atoms with Gasteiger partial charge in [-0.1, -0.05) is 59.3 Å². The second kappa shape index (κ2) is 24.2. The summed E-state index contributed by atoms with van der Waals surface area (Å²) in [6, 6.07) is 0. The fourth-order valence-electron chi connectivity index (χ4n) is 0.835. The summed E-state index contributed by atoms with van der Waals surface area (Å²) in [5.74, 6) is 0. The third kappa shape index (κ3) is 66.3. The van der Waals surface area contributed by atoms with Crippen molar-refractivity contribution in [3.05, 3.63) is 0 Å². The lowest BCUT2D eigenvalue weighted by Gasteiger charge is -1.90. The Morgan fingerprint density at radius 2 is 1.06 bits per heavy atom. The molecule has 0 spiro atoms. The van der Waals surface area contributed by atoms with Gasteiger partial charge in [0.25, 0.3) is 0 Å². The van der Waals surface area contributed by atoms with E-state index >= 15 is 0 Å². The SMILES string of the molecule is CC(C)O.CCCCCCC.CCCCO. The maximum absolute atomic E-state index is 8.07. The third-order valence-electron chi connectivity index (χ3n) is 1.72. The Morgan fingerprint density at radius 1 is 0.750 bits per heavy atom. The standard InChI is InChI=1S/C7H16.C4H10O.C3H8O/c1-3-5-7-6-4-2;1-2-3-4-5;1-3(2)4/h3-7H2,1-2H3;5H,2-4H2,1H3;3-4H,1-2H3. The van der Waals surface area contributed by atoms with E-state index in [-0.39, 0.29) is 6.10 Å². The molecule has 0 aliphatic carbocycles. The van der Waals surface area contributed by atoms with Crippen molar-refractivity contribution >= 4 is 0 Å². The lowest BCUT2D eigenvalue weighted by atomic mass is 10.2. The van der Waals surface area contributed by atoms with Crippen LogP contribution >= 0.6 is 0 Å². The number of hydrogen-bond donors (Lipinski definition) is 2. The highest BCUT2D eigenvalue weighted by Crippen LogP contribution is 2.00. The largest absolute Gasteiger partial charge is 0.396 e. The van der Waals surface area contributed by atoms with Gasteiger partial charge in [0.2, 0.25) is 0 Å². The molecule has 0 bridgehead atoms. The molecule has 0 fully saturated rings. The number of unbranched alkanes of at least 4 members (excludes halogenated alkanes) is 5. The molecule has 0 amide bonds. The van der Waals surface area contributed by atoms with Gasteiger partial charge in [0.05, 0.1) is 0 Å². The van der Waals surface area contributed by atoms with Gasteiger partial charge in [-0.05, 0) is 20.3 Å². The highest BCUT2D eigenvalue weighted by Gasteiger charge is 1.80. The van der Waals surface area contributed by atoms with Gasteiger partial charge in [-0.3, -0.25) is 0 Å². The first kappa shape index (κ1) is 21.2. The lowest BCUT2D eigenvalue weighted by molar-refractivity contribution is 0.216. The summed E-state index contributed by atoms with van der Waals surface area (Å²) in [5.41, 5.74) is 0. The molecule has 0 aromatic carbocycles. The van der Waals surface area contributed by atoms with Crippen LogP contribution < -0.4 is 0 Å². The summed E-state index contributed by atoms with van der Waals surface area (Å²) in [5, 5.41) is 16.1. The normalized spacial score (nSPS) is 9.00. The first-order valence-electron chi connectivity index (χ1n) is 6.85. The monoisotopic (exact) mass is 234 g/mol. The predicted molar refractivity (Wildman–Crippen MR) is 73.8 cm³/mol. The molecule has 2 N–H and O–H groups in total. The van der Waals surface area contributed by atoms with Crippen LogP contribution in [0.2, 0.25) is 0 Å². The van der Waals surface area contributed by atoms with Gasteiger partial charge in [0.15, 0.2) is 0 Å². The molecule has 0 rings (SSSR count). The first-order valence-corrected chi connectivity index (χ1v) is 6.85. The van der Waals surface area contributed by atoms with Crippen molar-refractivity contribution in [3.8, 4) is 0 Å². The highest BCUT2D eigenvalue weighted by molar-refractivity contribution is 4.35. The molecule has 0 unspecified atom stereocenters. The minimum absolute atomic E-state index is 0.167. The van der Waals surface area contributed by atoms with E-state index in [1.165, 1.54) is 32.1 Å². The van der Waals surface area contributed by atoms with Gasteiger partial charge in [-0.2, -0.15) is 0 Å². The Morgan fingerprint density at radius 3 is 1.19 bits per heavy atom. The molecule has 0 aromatic heterocycles. The van der Waals surface area contributed by atoms with Crippen molar-refractivity contribution in [1.82, 2.24) is 0 Å². The molecule has 16 heavy (non-hydrogen) atoms. The minimum Gasteiger partial charge on any atom is -0.396 e. The van der Waals surface area contributed by atoms with Crippen molar-refractivity contribution in [2.45, 2.75) is 85.7 Å². The summed E-state index contributed by atoms with van der Waals surface area (Å²) < 4.78 is 0. The van der Waals surface area contributed by atoms with Gasteiger partial charge in [0, 0.05) is 12.7 Å². The predicted octanol–water partition coefficient (Wildman–Crippen LogP) is 4.14. The summed E-state index contributed by atoms with van der Waals surface area (Å²) in [6.45, 7) is 10.3. The molecule has 2 heteroatoms. The zero-order valence-corrected chi connectivity index (χ0v) is 12.1. The van der Waals surface area contributed by atoms with E-state index in [0.29, 0.717) is 6.61 Å². The average Bonchev–Trinajstić information content (AvgIpc) is 2.20. The molecule has 0 aromatic rings. The van der Waals surface area contributed by atoms with Gasteiger partial charge in [-0.15, -0.1) is 0 Å². The number of aliphatic hydroxyl groups excluding tert-OH is 2. The van der Waals surface area contributed by atoms with E-state index < -0.39 is 0 Å². The fraction of sp³-hybridized carbons (Fsp3) is 1.00. The maximum Gasteiger partial charge on any atom is 0.0483 e. The molecule has 102 valence electrons. The molecular weight excluding hydrogens is 200 g/mol. The van der Waals surface area contributed by atoms with E-state index in [9.17, 15) is 0 Å². The van der Waals surface area contributed by atoms with Gasteiger partial charge >= 0.3 is 0 Å². The van der Waals surface area contributed by atoms with Crippen LogP contribution in [0.15, 0.2) is 0 Å². The lowest BCUT2D eigenvalue weighted by Crippen LogP contribution is -1.85. The summed E-state index contributed by atoms with van der Waals surface area (Å²) in [4.78, 5) is 0. The summed E-state index contributed by atoms with van der Waals surface area (Å²) in [6.07, 6.45) is 8.88. The number of rotatable bonds is 6. The Bertz CT molecular complexity index is 74.0. The second-order valence-electron chi connectivity index (χ2n) is 4.23. The van der Waals surface area contributed by atoms with E-state index in [1.54, 1.807) is 13.8 Å². The fourth-order valence-corrected chi connectivity index (χ4v) is 0.835. The average molecular weight is 234 g/mol. The van der Waals surface area contributed by atoms with Crippen LogP contribution in [0.5, 0.6) is 0 Å². The Labute approximate surface area is 103 Å². The van der Waals surface area contributed by atoms with Crippen molar-refractivity contribution in [1.29, 1.82) is 0 Å². The number of hydrogen-bond acceptors (Lipinski definition) is 2. The Kier molecular flexibility index (Phi) is 32.2. The van der Waals surface area contributed by atoms with E-state index in [1.807, 2.05) is 0 Å². The quantitative estimate of drug-likeness (QED) is 0.678. The summed E-state index contributed by atoms with van der Waals surface area (Å²) >= 11 is 0. The minimum atomic E-state index is -0.167. The molecule has 0 saturated heterocycles. The maximum atomic E-state index is 8.07. The smallest absolute Gasteiger partial charge is 0.0483 e. The van der Waals surface area contributed by atoms with Crippen LogP contribution in [0.25, 0.3) is 0 Å². The highest BCUT2D eigenvalue weighted by atomic mass is 16.3. The summed E-state index contributed by atoms with van der Waals surface area (Å²) in [7, 11) is 0. The van der Waals surface area contributed by atoms with Gasteiger partial charge < -0.3 is 10.2 Å². The van der Waals surface area contributed by atoms with Crippen molar-refractivity contribution < 1.29 is 10.2 Å². The molecule has 0 aliphatic heterocycles. The number of aliphatic hydroxyl groups is 2. The van der Waals surface area contributed by atoms with Gasteiger partial charge in [-0.25, -0.2) is 0 Å². The zero-order chi connectivity index (χ0) is 13.2. The van der Waals surface area contributed by atoms with Crippen molar-refractivity contribution in [3.63, 3.8) is 0 Å². The van der Waals surface area contributed by atoms with E-state index in [4.69, 9.17) is 10.2 Å². The molecule has 2 nitrogen and oxygen atoms in total. The molecule has 0 atom stereocenters. The van der Waals surface area contributed by atoms with Crippen LogP contribution in [-0.4, -0.2) is 22.9 Å². The van der Waals surface area contributed by atoms with Crippen molar-refractivity contribution in [2.75, 3.05) is 6.61 Å². The molecule has 0 aliphatic rings. The van der Waals surface area contributed by atoms with Crippen LogP contribution in [0.3, 0.4) is 0 Å². The van der Waals surface area contributed by atoms with Crippen LogP contribution in [0.1, 0.15) is 79.6 Å². The van der Waals surface area contributed by atoms with Crippen molar-refractivity contribution in [2.24, 2.45) is 0 Å². The van der Waals surface area contributed by atoms with E-state index in [0.717, 1.165) is 12.8 Å². The molecule has 0 radical (unpaired) electrons. The first-order chi connectivity index (χ1) is 7.56. The molecular formula is C14H34O2. The second-order valence-corrected chi connectivity index (χ2v) is 4.23. The van der Waals surface area contributed by atoms with E-state index in [2.05, 4.69) is 20.8 Å². The Hall–Kier alpha value is -0.0800. The molecule has 0 heterocycles. The van der Waals surface area contributed by atoms with Gasteiger partial charge in [0.1, 0.15) is 0 Å². The van der Waals surface area contributed by atoms with Crippen LogP contribution in [-0.2, 0) is 0 Å². The molecule has 0 saturated carbocycles.